The van der Waals surface area contributed by atoms with Gasteiger partial charge in [-0.05, 0) is 30.7 Å². The van der Waals surface area contributed by atoms with Crippen LogP contribution in [-0.2, 0) is 6.61 Å². The first-order chi connectivity index (χ1) is 14.6. The Morgan fingerprint density at radius 2 is 1.93 bits per heavy atom. The quantitative estimate of drug-likeness (QED) is 0.256. The average Bonchev–Trinajstić information content (AvgIpc) is 3.21. The van der Waals surface area contributed by atoms with Gasteiger partial charge in [-0.15, -0.1) is 11.3 Å². The monoisotopic (exact) mass is 419 g/mol. The number of thiophene rings is 1. The van der Waals surface area contributed by atoms with E-state index in [1.54, 1.807) is 17.4 Å². The molecular weight excluding hydrogens is 398 g/mol. The van der Waals surface area contributed by atoms with Gasteiger partial charge in [0.2, 0.25) is 5.88 Å². The van der Waals surface area contributed by atoms with Crippen LogP contribution in [0.5, 0.6) is 5.88 Å². The lowest BCUT2D eigenvalue weighted by atomic mass is 10.1. The molecule has 0 atom stereocenters. The van der Waals surface area contributed by atoms with Crippen LogP contribution in [0.4, 0.5) is 10.5 Å². The highest BCUT2D eigenvalue weighted by atomic mass is 32.1. The Kier molecular flexibility index (Phi) is 5.62. The van der Waals surface area contributed by atoms with E-state index in [1.807, 2.05) is 54.8 Å². The molecule has 0 saturated carbocycles. The molecule has 0 spiro atoms. The normalized spacial score (nSPS) is 10.8. The van der Waals surface area contributed by atoms with Gasteiger partial charge in [-0.1, -0.05) is 36.4 Å². The minimum Gasteiger partial charge on any atom is -0.473 e. The van der Waals surface area contributed by atoms with Crippen LogP contribution in [0.2, 0.25) is 0 Å². The Morgan fingerprint density at radius 1 is 1.13 bits per heavy atom. The van der Waals surface area contributed by atoms with Crippen molar-refractivity contribution in [2.75, 3.05) is 5.01 Å². The van der Waals surface area contributed by atoms with Gasteiger partial charge in [0.15, 0.2) is 0 Å². The number of nitrogens with one attached hydrogen (secondary N) is 1. The van der Waals surface area contributed by atoms with Gasteiger partial charge in [0.05, 0.1) is 11.4 Å². The summed E-state index contributed by atoms with van der Waals surface area (Å²) in [6.07, 6.45) is 0. The van der Waals surface area contributed by atoms with E-state index >= 15 is 0 Å². The molecule has 0 aliphatic rings. The molecule has 152 valence electrons. The molecule has 0 radical (unpaired) electrons. The smallest absolute Gasteiger partial charge is 0.350 e. The number of hydrogen-bond donors (Lipinski definition) is 3. The van der Waals surface area contributed by atoms with Crippen LogP contribution in [-0.4, -0.2) is 11.0 Å². The minimum atomic E-state index is -0.619. The number of pyridine rings is 1. The van der Waals surface area contributed by atoms with Gasteiger partial charge in [0.1, 0.15) is 6.61 Å². The summed E-state index contributed by atoms with van der Waals surface area (Å²) in [7, 11) is 0. The summed E-state index contributed by atoms with van der Waals surface area (Å²) in [6.45, 7) is 2.13. The fourth-order valence-electron chi connectivity index (χ4n) is 3.25. The Bertz CT molecular complexity index is 1210. The first-order valence-corrected chi connectivity index (χ1v) is 10.2. The number of ether oxygens (including phenoxy) is 1. The second-order valence-corrected chi connectivity index (χ2v) is 7.60. The zero-order chi connectivity index (χ0) is 21.1. The van der Waals surface area contributed by atoms with Gasteiger partial charge in [0.25, 0.3) is 0 Å². The molecule has 0 saturated heterocycles. The number of carbonyl (C=O) groups excluding carboxylic acids is 1. The Labute approximate surface area is 177 Å². The third-order valence-electron chi connectivity index (χ3n) is 4.83. The van der Waals surface area contributed by atoms with Gasteiger partial charge >= 0.3 is 6.03 Å². The number of urea groups is 1. The van der Waals surface area contributed by atoms with Gasteiger partial charge in [-0.2, -0.15) is 0 Å². The maximum atomic E-state index is 11.8. The van der Waals surface area contributed by atoms with Crippen LogP contribution in [0.3, 0.4) is 0 Å². The molecule has 0 aliphatic carbocycles. The summed E-state index contributed by atoms with van der Waals surface area (Å²) in [5, 5.41) is 4.24. The zero-order valence-corrected chi connectivity index (χ0v) is 17.1. The predicted octanol–water partition coefficient (Wildman–Crippen LogP) is 4.11. The van der Waals surface area contributed by atoms with Crippen LogP contribution in [0, 0.1) is 6.92 Å². The Morgan fingerprint density at radius 3 is 2.77 bits per heavy atom. The molecule has 4 aromatic rings. The number of benzene rings is 2. The van der Waals surface area contributed by atoms with Crippen molar-refractivity contribution in [3.8, 4) is 17.1 Å². The van der Waals surface area contributed by atoms with E-state index in [0.29, 0.717) is 11.6 Å². The summed E-state index contributed by atoms with van der Waals surface area (Å²) in [6, 6.07) is 18.8. The lowest BCUT2D eigenvalue weighted by Gasteiger charge is -2.21. The number of carbonyl (C=O) groups is 1. The van der Waals surface area contributed by atoms with Crippen molar-refractivity contribution < 1.29 is 9.53 Å². The number of nitrogens with two attached hydrogens (primary N) is 2. The van der Waals surface area contributed by atoms with Gasteiger partial charge < -0.3 is 4.74 Å². The van der Waals surface area contributed by atoms with Crippen molar-refractivity contribution in [1.82, 2.24) is 10.4 Å². The fourth-order valence-corrected chi connectivity index (χ4v) is 4.20. The number of amides is 2. The van der Waals surface area contributed by atoms with E-state index in [1.165, 1.54) is 10.1 Å². The van der Waals surface area contributed by atoms with Gasteiger partial charge in [-0.25, -0.2) is 26.5 Å². The zero-order valence-electron chi connectivity index (χ0n) is 16.3. The number of nitrogens with zero attached hydrogens (tertiary/aromatic N) is 2. The lowest BCUT2D eigenvalue weighted by molar-refractivity contribution is 0.246. The third kappa shape index (κ3) is 3.84. The first kappa shape index (κ1) is 19.8. The summed E-state index contributed by atoms with van der Waals surface area (Å²) in [5.74, 6) is 11.6. The second-order valence-electron chi connectivity index (χ2n) is 6.69. The first-order valence-electron chi connectivity index (χ1n) is 9.29. The van der Waals surface area contributed by atoms with Crippen molar-refractivity contribution in [3.05, 3.63) is 77.2 Å². The highest BCUT2D eigenvalue weighted by Crippen LogP contribution is 2.33. The van der Waals surface area contributed by atoms with Crippen LogP contribution >= 0.6 is 11.3 Å². The fraction of sp³-hybridized carbons (Fsp3) is 0.0909. The van der Waals surface area contributed by atoms with Crippen LogP contribution in [0.15, 0.2) is 66.0 Å². The molecule has 2 heterocycles. The lowest BCUT2D eigenvalue weighted by Crippen LogP contribution is -2.48. The standard InChI is InChI=1S/C22H21N5O2S/c1-14-6-4-9-19(27(24)22(28)26-23)16(14)12-29-21-11-5-8-18(25-21)17-13-30-20-10-3-2-7-15(17)20/h2-11,13H,12,23-24H2,1H3,(H,26,28). The number of rotatable bonds is 5. The summed E-state index contributed by atoms with van der Waals surface area (Å²) in [5.41, 5.74) is 6.18. The van der Waals surface area contributed by atoms with Gasteiger partial charge in [0, 0.05) is 32.7 Å². The Hall–Kier alpha value is -3.46. The summed E-state index contributed by atoms with van der Waals surface area (Å²) >= 11 is 1.69. The SMILES string of the molecule is Cc1cccc(N(N)C(=O)NN)c1COc1cccc(-c2csc3ccccc23)n1. The van der Waals surface area contributed by atoms with Crippen molar-refractivity contribution in [2.45, 2.75) is 13.5 Å². The number of hydrazine groups is 2. The molecule has 30 heavy (non-hydrogen) atoms. The Balaban J connectivity index is 1.60. The summed E-state index contributed by atoms with van der Waals surface area (Å²) in [4.78, 5) is 16.5. The molecule has 2 amide bonds. The van der Waals surface area contributed by atoms with Crippen molar-refractivity contribution >= 4 is 33.1 Å². The molecule has 5 N–H and O–H groups in total. The topological polar surface area (TPSA) is 106 Å². The molecule has 4 rings (SSSR count). The summed E-state index contributed by atoms with van der Waals surface area (Å²) < 4.78 is 7.19. The van der Waals surface area contributed by atoms with E-state index in [9.17, 15) is 4.79 Å². The van der Waals surface area contributed by atoms with Gasteiger partial charge in [-0.3, -0.25) is 5.43 Å². The molecule has 0 fully saturated rings. The molecule has 7 nitrogen and oxygen atoms in total. The number of fused-ring (bicyclic) bond motifs is 1. The van der Waals surface area contributed by atoms with Crippen molar-refractivity contribution in [3.63, 3.8) is 0 Å². The van der Waals surface area contributed by atoms with E-state index in [4.69, 9.17) is 16.4 Å². The second kappa shape index (κ2) is 8.50. The molecule has 2 aromatic heterocycles. The van der Waals surface area contributed by atoms with Crippen LogP contribution < -0.4 is 26.9 Å². The van der Waals surface area contributed by atoms with E-state index in [2.05, 4.69) is 22.5 Å². The third-order valence-corrected chi connectivity index (χ3v) is 5.80. The highest BCUT2D eigenvalue weighted by molar-refractivity contribution is 7.17. The molecule has 0 bridgehead atoms. The molecule has 0 unspecified atom stereocenters. The number of hydrogen-bond acceptors (Lipinski definition) is 6. The molecule has 2 aromatic carbocycles. The average molecular weight is 420 g/mol. The van der Waals surface area contributed by atoms with Crippen LogP contribution in [0.1, 0.15) is 11.1 Å². The highest BCUT2D eigenvalue weighted by Gasteiger charge is 2.17. The number of anilines is 1. The van der Waals surface area contributed by atoms with Crippen molar-refractivity contribution in [2.24, 2.45) is 11.7 Å². The predicted molar refractivity (Wildman–Crippen MR) is 120 cm³/mol. The largest absolute Gasteiger partial charge is 0.473 e. The molecular formula is C22H21N5O2S. The number of aromatic nitrogens is 1. The van der Waals surface area contributed by atoms with E-state index in [0.717, 1.165) is 27.4 Å². The van der Waals surface area contributed by atoms with E-state index in [-0.39, 0.29) is 6.61 Å². The maximum Gasteiger partial charge on any atom is 0.350 e. The maximum absolute atomic E-state index is 11.8. The van der Waals surface area contributed by atoms with Crippen LogP contribution in [0.25, 0.3) is 21.3 Å². The molecule has 0 aliphatic heterocycles. The van der Waals surface area contributed by atoms with Crippen molar-refractivity contribution in [1.29, 1.82) is 0 Å². The number of aryl methyl sites for hydroxylation is 1. The minimum absolute atomic E-state index is 0.203. The van der Waals surface area contributed by atoms with E-state index < -0.39 is 6.03 Å². The molecule has 8 heteroatoms.